The lowest BCUT2D eigenvalue weighted by Gasteiger charge is -2.27. The van der Waals surface area contributed by atoms with Crippen molar-refractivity contribution < 1.29 is 9.63 Å². The lowest BCUT2D eigenvalue weighted by Crippen LogP contribution is -2.17. The summed E-state index contributed by atoms with van der Waals surface area (Å²) >= 11 is 0. The molecule has 0 amide bonds. The molecule has 0 spiro atoms. The molecule has 1 N–H and O–H groups in total. The first-order valence-corrected chi connectivity index (χ1v) is 8.25. The van der Waals surface area contributed by atoms with Crippen LogP contribution in [-0.2, 0) is 17.4 Å². The lowest BCUT2D eigenvalue weighted by molar-refractivity contribution is 0.365. The van der Waals surface area contributed by atoms with Crippen LogP contribution in [0.3, 0.4) is 0 Å². The summed E-state index contributed by atoms with van der Waals surface area (Å²) in [6.45, 7) is 13.1. The average molecular weight is 368 g/mol. The van der Waals surface area contributed by atoms with Gasteiger partial charge in [-0.2, -0.15) is 4.98 Å². The molecule has 0 radical (unpaired) electrons. The highest BCUT2D eigenvalue weighted by molar-refractivity contribution is 5.85. The van der Waals surface area contributed by atoms with Crippen LogP contribution in [0.4, 0.5) is 0 Å². The molecule has 0 aliphatic carbocycles. The Kier molecular flexibility index (Phi) is 6.30. The second-order valence-electron chi connectivity index (χ2n) is 8.67. The minimum absolute atomic E-state index is 0. The van der Waals surface area contributed by atoms with Crippen LogP contribution in [0.1, 0.15) is 58.5 Å². The monoisotopic (exact) mass is 367 g/mol. The average Bonchev–Trinajstić information content (AvgIpc) is 2.83. The van der Waals surface area contributed by atoms with Crippen molar-refractivity contribution in [2.45, 2.75) is 58.9 Å². The maximum absolute atomic E-state index is 10.8. The number of aromatic nitrogens is 2. The van der Waals surface area contributed by atoms with Crippen LogP contribution in [0.25, 0.3) is 11.5 Å². The van der Waals surface area contributed by atoms with E-state index < -0.39 is 0 Å². The Hall–Kier alpha value is -1.59. The van der Waals surface area contributed by atoms with Crippen molar-refractivity contribution in [2.24, 2.45) is 0 Å². The largest absolute Gasteiger partial charge is 0.507 e. The third kappa shape index (κ3) is 4.95. The van der Waals surface area contributed by atoms with E-state index in [0.717, 1.165) is 16.7 Å². The minimum atomic E-state index is -0.188. The first-order valence-electron chi connectivity index (χ1n) is 8.25. The number of phenolic OH excluding ortho intramolecular Hbond substituents is 1. The highest BCUT2D eigenvalue weighted by atomic mass is 35.5. The molecule has 0 unspecified atom stereocenters. The van der Waals surface area contributed by atoms with Gasteiger partial charge in [-0.15, -0.1) is 12.4 Å². The number of phenols is 1. The predicted molar refractivity (Wildman–Crippen MR) is 103 cm³/mol. The van der Waals surface area contributed by atoms with Gasteiger partial charge in [0.15, 0.2) is 5.82 Å². The summed E-state index contributed by atoms with van der Waals surface area (Å²) in [4.78, 5) is 6.49. The molecule has 1 heterocycles. The second-order valence-corrected chi connectivity index (χ2v) is 8.67. The zero-order valence-electron chi connectivity index (χ0n) is 16.5. The third-order valence-corrected chi connectivity index (χ3v) is 3.90. The van der Waals surface area contributed by atoms with Gasteiger partial charge in [0.1, 0.15) is 5.75 Å². The molecule has 0 saturated carbocycles. The fourth-order valence-electron chi connectivity index (χ4n) is 2.62. The molecule has 0 bridgehead atoms. The summed E-state index contributed by atoms with van der Waals surface area (Å²) in [7, 11) is 3.93. The summed E-state index contributed by atoms with van der Waals surface area (Å²) in [6.07, 6.45) is 0. The van der Waals surface area contributed by atoms with Crippen LogP contribution < -0.4 is 0 Å². The van der Waals surface area contributed by atoms with Crippen LogP contribution >= 0.6 is 12.4 Å². The van der Waals surface area contributed by atoms with Gasteiger partial charge in [0.05, 0.1) is 6.54 Å². The molecule has 0 saturated heterocycles. The van der Waals surface area contributed by atoms with E-state index in [2.05, 4.69) is 51.7 Å². The summed E-state index contributed by atoms with van der Waals surface area (Å²) < 4.78 is 5.46. The summed E-state index contributed by atoms with van der Waals surface area (Å²) in [5.74, 6) is 1.49. The van der Waals surface area contributed by atoms with Gasteiger partial charge in [-0.25, -0.2) is 0 Å². The van der Waals surface area contributed by atoms with Crippen LogP contribution in [0.15, 0.2) is 16.7 Å². The van der Waals surface area contributed by atoms with Crippen molar-refractivity contribution in [3.63, 3.8) is 0 Å². The van der Waals surface area contributed by atoms with Crippen LogP contribution in [0.5, 0.6) is 5.75 Å². The number of benzene rings is 1. The van der Waals surface area contributed by atoms with Gasteiger partial charge in [-0.3, -0.25) is 0 Å². The number of halogens is 1. The van der Waals surface area contributed by atoms with E-state index >= 15 is 0 Å². The number of hydrogen-bond acceptors (Lipinski definition) is 5. The molecule has 1 aromatic carbocycles. The third-order valence-electron chi connectivity index (χ3n) is 3.90. The molecule has 0 aliphatic rings. The van der Waals surface area contributed by atoms with E-state index in [0.29, 0.717) is 24.0 Å². The van der Waals surface area contributed by atoms with E-state index in [1.54, 1.807) is 0 Å². The number of hydrogen-bond donors (Lipinski definition) is 1. The Morgan fingerprint density at radius 1 is 1.00 bits per heavy atom. The predicted octanol–water partition coefficient (Wildman–Crippen LogP) is 4.52. The molecule has 0 aliphatic heterocycles. The molecule has 140 valence electrons. The van der Waals surface area contributed by atoms with Gasteiger partial charge in [0.2, 0.25) is 0 Å². The zero-order chi connectivity index (χ0) is 18.3. The quantitative estimate of drug-likeness (QED) is 0.864. The number of rotatable bonds is 3. The number of nitrogens with zero attached hydrogens (tertiary/aromatic N) is 3. The van der Waals surface area contributed by atoms with E-state index in [4.69, 9.17) is 4.52 Å². The molecule has 2 rings (SSSR count). The maximum Gasteiger partial charge on any atom is 0.257 e. The van der Waals surface area contributed by atoms with Gasteiger partial charge >= 0.3 is 0 Å². The Morgan fingerprint density at radius 2 is 1.48 bits per heavy atom. The van der Waals surface area contributed by atoms with Crippen LogP contribution in [0, 0.1) is 0 Å². The molecular formula is C19H30ClN3O2. The zero-order valence-corrected chi connectivity index (χ0v) is 17.3. The molecule has 0 atom stereocenters. The molecule has 25 heavy (non-hydrogen) atoms. The molecule has 2 aromatic rings. The summed E-state index contributed by atoms with van der Waals surface area (Å²) in [5.41, 5.74) is 2.24. The minimum Gasteiger partial charge on any atom is -0.507 e. The SMILES string of the molecule is CN(C)Cc1noc(-c2cc(C(C)(C)C)c(O)c(C(C)(C)C)c2)n1.Cl. The van der Waals surface area contributed by atoms with Crippen LogP contribution in [-0.4, -0.2) is 34.2 Å². The van der Waals surface area contributed by atoms with Crippen molar-refractivity contribution in [1.29, 1.82) is 0 Å². The Bertz CT molecular complexity index is 690. The first kappa shape index (κ1) is 21.5. The van der Waals surface area contributed by atoms with Crippen molar-refractivity contribution in [2.75, 3.05) is 14.1 Å². The lowest BCUT2D eigenvalue weighted by atomic mass is 9.78. The smallest absolute Gasteiger partial charge is 0.257 e. The molecule has 6 heteroatoms. The molecule has 1 aromatic heterocycles. The fraction of sp³-hybridized carbons (Fsp3) is 0.579. The van der Waals surface area contributed by atoms with Crippen molar-refractivity contribution >= 4 is 12.4 Å². The first-order chi connectivity index (χ1) is 10.9. The topological polar surface area (TPSA) is 62.4 Å². The van der Waals surface area contributed by atoms with Gasteiger partial charge in [0, 0.05) is 16.7 Å². The summed E-state index contributed by atoms with van der Waals surface area (Å²) in [5, 5.41) is 14.8. The van der Waals surface area contributed by atoms with Crippen LogP contribution in [0.2, 0.25) is 0 Å². The molecule has 0 fully saturated rings. The van der Waals surface area contributed by atoms with Crippen molar-refractivity contribution in [1.82, 2.24) is 15.0 Å². The Morgan fingerprint density at radius 3 is 1.88 bits per heavy atom. The maximum atomic E-state index is 10.8. The van der Waals surface area contributed by atoms with E-state index in [1.165, 1.54) is 0 Å². The highest BCUT2D eigenvalue weighted by Crippen LogP contribution is 2.41. The normalized spacial score (nSPS) is 12.4. The number of aromatic hydroxyl groups is 1. The molecular weight excluding hydrogens is 338 g/mol. The van der Waals surface area contributed by atoms with Crippen molar-refractivity contribution in [3.05, 3.63) is 29.1 Å². The van der Waals surface area contributed by atoms with Gasteiger partial charge < -0.3 is 14.5 Å². The summed E-state index contributed by atoms with van der Waals surface area (Å²) in [6, 6.07) is 3.91. The van der Waals surface area contributed by atoms with E-state index in [1.807, 2.05) is 31.1 Å². The second kappa shape index (κ2) is 7.34. The van der Waals surface area contributed by atoms with Gasteiger partial charge in [-0.05, 0) is 37.1 Å². The van der Waals surface area contributed by atoms with E-state index in [-0.39, 0.29) is 23.2 Å². The highest BCUT2D eigenvalue weighted by Gasteiger charge is 2.27. The van der Waals surface area contributed by atoms with Gasteiger partial charge in [-0.1, -0.05) is 46.7 Å². The van der Waals surface area contributed by atoms with Crippen molar-refractivity contribution in [3.8, 4) is 17.2 Å². The Labute approximate surface area is 156 Å². The standard InChI is InChI=1S/C19H29N3O2.ClH/c1-18(2,3)13-9-12(10-14(16(13)23)19(4,5)6)17-20-15(21-24-17)11-22(7)8;/h9-10,23H,11H2,1-8H3;1H. The Balaban J connectivity index is 0.00000312. The fourth-order valence-corrected chi connectivity index (χ4v) is 2.62. The molecule has 5 nitrogen and oxygen atoms in total. The van der Waals surface area contributed by atoms with Gasteiger partial charge in [0.25, 0.3) is 5.89 Å². The van der Waals surface area contributed by atoms with E-state index in [9.17, 15) is 5.11 Å².